The maximum Gasteiger partial charge on any atom is 0.411 e. The topological polar surface area (TPSA) is 149 Å². The fraction of sp³-hybridized carbons (Fsp3) is 0.341. The summed E-state index contributed by atoms with van der Waals surface area (Å²) < 4.78 is 19.1. The Morgan fingerprint density at radius 2 is 1.72 bits per heavy atom. The number of pyridine rings is 1. The molecule has 0 unspecified atom stereocenters. The number of rotatable bonds is 11. The van der Waals surface area contributed by atoms with E-state index in [2.05, 4.69) is 27.9 Å². The maximum atomic E-state index is 13.4. The van der Waals surface area contributed by atoms with Crippen molar-refractivity contribution >= 4 is 46.1 Å². The Hall–Kier alpha value is -5.95. The number of anilines is 3. The number of hydrogen-bond donors (Lipinski definition) is 3. The van der Waals surface area contributed by atoms with Crippen molar-refractivity contribution in [2.45, 2.75) is 72.1 Å². The van der Waals surface area contributed by atoms with Gasteiger partial charge in [-0.25, -0.2) is 19.3 Å². The van der Waals surface area contributed by atoms with Crippen LogP contribution >= 0.6 is 0 Å². The van der Waals surface area contributed by atoms with E-state index in [-0.39, 0.29) is 19.8 Å². The first-order valence-electron chi connectivity index (χ1n) is 18.2. The van der Waals surface area contributed by atoms with Gasteiger partial charge in [-0.3, -0.25) is 15.0 Å². The Kier molecular flexibility index (Phi) is 11.8. The molecule has 4 amide bonds. The van der Waals surface area contributed by atoms with Crippen molar-refractivity contribution in [3.63, 3.8) is 0 Å². The minimum Gasteiger partial charge on any atom is -0.488 e. The van der Waals surface area contributed by atoms with Gasteiger partial charge in [-0.15, -0.1) is 0 Å². The van der Waals surface area contributed by atoms with Gasteiger partial charge in [-0.1, -0.05) is 55.3 Å². The molecule has 3 N–H and O–H groups in total. The molecule has 282 valence electrons. The lowest BCUT2D eigenvalue weighted by atomic mass is 10.1. The first-order chi connectivity index (χ1) is 26.0. The number of carbonyl (C=O) groups excluding carboxylic acids is 3. The number of morpholine rings is 1. The van der Waals surface area contributed by atoms with Gasteiger partial charge in [0, 0.05) is 29.6 Å². The molecule has 1 aliphatic heterocycles. The Morgan fingerprint density at radius 1 is 0.944 bits per heavy atom. The molecule has 1 aliphatic rings. The van der Waals surface area contributed by atoms with Crippen LogP contribution < -0.4 is 20.7 Å². The van der Waals surface area contributed by atoms with Gasteiger partial charge >= 0.3 is 12.1 Å². The average Bonchev–Trinajstić information content (AvgIpc) is 3.55. The second-order valence-electron chi connectivity index (χ2n) is 14.2. The number of nitrogens with one attached hydrogen (secondary N) is 3. The molecule has 13 heteroatoms. The second-order valence-corrected chi connectivity index (χ2v) is 14.2. The zero-order chi connectivity index (χ0) is 38.2. The molecule has 2 aromatic heterocycles. The number of carbonyl (C=O) groups is 3. The van der Waals surface area contributed by atoms with Crippen LogP contribution in [-0.4, -0.2) is 69.1 Å². The van der Waals surface area contributed by atoms with Crippen molar-refractivity contribution in [1.82, 2.24) is 19.7 Å². The predicted molar refractivity (Wildman–Crippen MR) is 208 cm³/mol. The number of urea groups is 1. The van der Waals surface area contributed by atoms with Crippen LogP contribution in [-0.2, 0) is 27.3 Å². The summed E-state index contributed by atoms with van der Waals surface area (Å²) in [5.74, 6) is 1.07. The summed E-state index contributed by atoms with van der Waals surface area (Å²) >= 11 is 0. The first kappa shape index (κ1) is 37.8. The zero-order valence-corrected chi connectivity index (χ0v) is 31.3. The first-order valence-corrected chi connectivity index (χ1v) is 18.2. The van der Waals surface area contributed by atoms with Crippen LogP contribution in [0, 0.1) is 6.92 Å². The second kappa shape index (κ2) is 16.8. The van der Waals surface area contributed by atoms with Gasteiger partial charge in [-0.05, 0) is 82.5 Å². The molecule has 3 aromatic carbocycles. The SMILES string of the molecule is CCCCc1cc(NC(=O)Nc2ccc(OCc3ccnc(NC(=O)[C@@H]4COCCN4C(=O)OC(C)(C)C)c3)c3ccccc23)n(-c2ccc(C)cc2)n1. The minimum atomic E-state index is -0.866. The molecule has 13 nitrogen and oxygen atoms in total. The van der Waals surface area contributed by atoms with E-state index in [4.69, 9.17) is 19.3 Å². The van der Waals surface area contributed by atoms with Gasteiger partial charge in [0.2, 0.25) is 0 Å². The highest BCUT2D eigenvalue weighted by molar-refractivity contribution is 6.07. The highest BCUT2D eigenvalue weighted by atomic mass is 16.6. The van der Waals surface area contributed by atoms with Crippen LogP contribution in [0.2, 0.25) is 0 Å². The van der Waals surface area contributed by atoms with E-state index in [9.17, 15) is 14.4 Å². The average molecular weight is 734 g/mol. The van der Waals surface area contributed by atoms with Crippen molar-refractivity contribution in [1.29, 1.82) is 0 Å². The van der Waals surface area contributed by atoms with Gasteiger partial charge in [0.1, 0.15) is 35.6 Å². The summed E-state index contributed by atoms with van der Waals surface area (Å²) in [5, 5.41) is 15.2. The van der Waals surface area contributed by atoms with Crippen LogP contribution in [0.15, 0.2) is 85.1 Å². The Morgan fingerprint density at radius 3 is 2.48 bits per heavy atom. The fourth-order valence-corrected chi connectivity index (χ4v) is 6.02. The maximum absolute atomic E-state index is 13.4. The van der Waals surface area contributed by atoms with Gasteiger partial charge < -0.3 is 24.8 Å². The van der Waals surface area contributed by atoms with Crippen LogP contribution in [0.5, 0.6) is 5.75 Å². The Labute approximate surface area is 315 Å². The standard InChI is InChI=1S/C41H47N7O6/c1-6-7-10-29-24-37(48(46-29)30-15-13-27(2)14-16-30)45-39(50)43-33-17-18-35(32-12-9-8-11-31(32)33)53-25-28-19-20-42-36(23-28)44-38(49)34-26-52-22-21-47(34)40(51)54-41(3,4)5/h8-9,11-20,23-24,34H,6-7,10,21-22,25-26H2,1-5H3,(H,42,44,49)(H2,43,45,50)/t34-/m0/s1. The number of aryl methyl sites for hydroxylation is 2. The number of aromatic nitrogens is 3. The summed E-state index contributed by atoms with van der Waals surface area (Å²) in [7, 11) is 0. The van der Waals surface area contributed by atoms with Gasteiger partial charge in [0.25, 0.3) is 5.91 Å². The summed E-state index contributed by atoms with van der Waals surface area (Å²) in [5.41, 5.74) is 3.58. The van der Waals surface area contributed by atoms with E-state index in [0.29, 0.717) is 29.7 Å². The van der Waals surface area contributed by atoms with Gasteiger partial charge in [-0.2, -0.15) is 5.10 Å². The van der Waals surface area contributed by atoms with E-state index in [1.807, 2.05) is 73.7 Å². The molecule has 54 heavy (non-hydrogen) atoms. The number of hydrogen-bond acceptors (Lipinski definition) is 8. The molecule has 0 radical (unpaired) electrons. The molecule has 1 atom stereocenters. The summed E-state index contributed by atoms with van der Waals surface area (Å²) in [6, 6.07) is 23.5. The third-order valence-corrected chi connectivity index (χ3v) is 8.73. The molecule has 0 saturated carbocycles. The molecular formula is C41H47N7O6. The predicted octanol–water partition coefficient (Wildman–Crippen LogP) is 7.87. The largest absolute Gasteiger partial charge is 0.488 e. The third-order valence-electron chi connectivity index (χ3n) is 8.73. The molecule has 6 rings (SSSR count). The third kappa shape index (κ3) is 9.53. The molecule has 1 fully saturated rings. The molecule has 5 aromatic rings. The number of unbranched alkanes of at least 4 members (excludes halogenated alkanes) is 1. The summed E-state index contributed by atoms with van der Waals surface area (Å²) in [6.45, 7) is 10.3. The number of benzene rings is 3. The number of ether oxygens (including phenoxy) is 3. The van der Waals surface area contributed by atoms with Crippen molar-refractivity contribution < 1.29 is 28.6 Å². The van der Waals surface area contributed by atoms with Crippen molar-refractivity contribution in [2.24, 2.45) is 0 Å². The highest BCUT2D eigenvalue weighted by Crippen LogP contribution is 2.32. The molecular weight excluding hydrogens is 686 g/mol. The summed E-state index contributed by atoms with van der Waals surface area (Å²) in [6.07, 6.45) is 3.87. The van der Waals surface area contributed by atoms with E-state index in [1.54, 1.807) is 43.8 Å². The van der Waals surface area contributed by atoms with Gasteiger partial charge in [0.05, 0.1) is 30.3 Å². The lowest BCUT2D eigenvalue weighted by Gasteiger charge is -2.35. The van der Waals surface area contributed by atoms with Gasteiger partial charge in [0.15, 0.2) is 0 Å². The van der Waals surface area contributed by atoms with Crippen molar-refractivity contribution in [2.75, 3.05) is 35.7 Å². The Bertz CT molecular complexity index is 2110. The molecule has 1 saturated heterocycles. The molecule has 0 spiro atoms. The minimum absolute atomic E-state index is 0.0472. The van der Waals surface area contributed by atoms with Crippen LogP contribution in [0.3, 0.4) is 0 Å². The van der Waals surface area contributed by atoms with E-state index in [1.165, 1.54) is 4.90 Å². The molecule has 3 heterocycles. The smallest absolute Gasteiger partial charge is 0.411 e. The molecule has 0 aliphatic carbocycles. The van der Waals surface area contributed by atoms with Crippen LogP contribution in [0.25, 0.3) is 16.5 Å². The lowest BCUT2D eigenvalue weighted by Crippen LogP contribution is -2.55. The zero-order valence-electron chi connectivity index (χ0n) is 31.3. The Balaban J connectivity index is 1.12. The number of fused-ring (bicyclic) bond motifs is 1. The summed E-state index contributed by atoms with van der Waals surface area (Å²) in [4.78, 5) is 45.2. The van der Waals surface area contributed by atoms with E-state index >= 15 is 0 Å². The van der Waals surface area contributed by atoms with E-state index in [0.717, 1.165) is 52.5 Å². The lowest BCUT2D eigenvalue weighted by molar-refractivity contribution is -0.127. The van der Waals surface area contributed by atoms with Crippen LogP contribution in [0.4, 0.5) is 26.9 Å². The normalized spacial score (nSPS) is 14.4. The highest BCUT2D eigenvalue weighted by Gasteiger charge is 2.35. The molecule has 0 bridgehead atoms. The monoisotopic (exact) mass is 733 g/mol. The van der Waals surface area contributed by atoms with Crippen molar-refractivity contribution in [3.8, 4) is 11.4 Å². The fourth-order valence-electron chi connectivity index (χ4n) is 6.02. The van der Waals surface area contributed by atoms with E-state index < -0.39 is 29.7 Å². The van der Waals surface area contributed by atoms with Crippen LogP contribution in [0.1, 0.15) is 57.4 Å². The quantitative estimate of drug-likeness (QED) is 0.124. The number of amides is 4. The van der Waals surface area contributed by atoms with Crippen molar-refractivity contribution in [3.05, 3.63) is 102 Å². The number of nitrogens with zero attached hydrogens (tertiary/aromatic N) is 4.